The topological polar surface area (TPSA) is 91.5 Å². The third-order valence-corrected chi connectivity index (χ3v) is 6.07. The zero-order chi connectivity index (χ0) is 27.4. The van der Waals surface area contributed by atoms with Crippen LogP contribution in [0.5, 0.6) is 41.0 Å². The zero-order valence-corrected chi connectivity index (χ0v) is 22.3. The minimum atomic E-state index is 0.0204. The maximum atomic E-state index is 9.97. The van der Waals surface area contributed by atoms with Crippen molar-refractivity contribution in [1.29, 1.82) is 0 Å². The average Bonchev–Trinajstić information content (AvgIpc) is 3.37. The fourth-order valence-corrected chi connectivity index (χ4v) is 4.20. The molecule has 5 rings (SSSR count). The number of pyridine rings is 2. The maximum Gasteiger partial charge on any atom is 0.307 e. The number of phenolic OH excluding ortho intramolecular Hbond substituents is 1. The largest absolute Gasteiger partial charge is 0.504 e. The second-order valence-corrected chi connectivity index (χ2v) is 9.58. The van der Waals surface area contributed by atoms with Gasteiger partial charge in [-0.1, -0.05) is 70.2 Å². The van der Waals surface area contributed by atoms with Crippen LogP contribution in [0.3, 0.4) is 0 Å². The van der Waals surface area contributed by atoms with E-state index in [1.165, 1.54) is 11.1 Å². The Morgan fingerprint density at radius 1 is 0.641 bits per heavy atom. The number of nitrogens with zero attached hydrogens (tertiary/aromatic N) is 4. The monoisotopic (exact) mass is 522 g/mol. The Morgan fingerprint density at radius 2 is 1.18 bits per heavy atom. The maximum absolute atomic E-state index is 9.97. The summed E-state index contributed by atoms with van der Waals surface area (Å²) in [6, 6.07) is 23.8. The summed E-state index contributed by atoms with van der Waals surface area (Å²) in [4.78, 5) is 13.3. The van der Waals surface area contributed by atoms with Gasteiger partial charge < -0.3 is 19.3 Å². The number of aromatic nitrogens is 4. The molecule has 0 unspecified atom stereocenters. The summed E-state index contributed by atoms with van der Waals surface area (Å²) >= 11 is 0. The van der Waals surface area contributed by atoms with E-state index in [0.717, 1.165) is 5.69 Å². The van der Waals surface area contributed by atoms with Gasteiger partial charge in [-0.25, -0.2) is 4.98 Å². The van der Waals surface area contributed by atoms with Crippen LogP contribution < -0.4 is 14.2 Å². The van der Waals surface area contributed by atoms with Gasteiger partial charge in [-0.05, 0) is 35.1 Å². The molecule has 3 heterocycles. The molecular formula is C31H30N4O4. The highest BCUT2D eigenvalue weighted by Crippen LogP contribution is 2.35. The molecule has 0 atom stereocenters. The number of hydrogen-bond donors (Lipinski definition) is 1. The van der Waals surface area contributed by atoms with Crippen molar-refractivity contribution in [3.05, 3.63) is 102 Å². The molecule has 198 valence electrons. The normalized spacial score (nSPS) is 11.1. The Hall–Kier alpha value is -4.85. The van der Waals surface area contributed by atoms with Gasteiger partial charge in [0.1, 0.15) is 0 Å². The van der Waals surface area contributed by atoms with Crippen molar-refractivity contribution in [2.75, 3.05) is 0 Å². The van der Waals surface area contributed by atoms with Crippen molar-refractivity contribution in [1.82, 2.24) is 19.5 Å². The van der Waals surface area contributed by atoms with Gasteiger partial charge in [0.25, 0.3) is 0 Å². The Balaban J connectivity index is 1.38. The Morgan fingerprint density at radius 3 is 1.77 bits per heavy atom. The van der Waals surface area contributed by atoms with Gasteiger partial charge in [0, 0.05) is 36.7 Å². The van der Waals surface area contributed by atoms with Crippen LogP contribution in [0.15, 0.2) is 91.3 Å². The highest BCUT2D eigenvalue weighted by molar-refractivity contribution is 5.52. The highest BCUT2D eigenvalue weighted by atomic mass is 16.5. The standard InChI is InChI=1S/C31H30N4O4/c1-20(2)22-10-7-11-23(21(3)4)30(22)35-19-18-32-31(35)39-29-17-9-16-28(34-29)38-27-15-8-14-26(33-27)37-25-13-6-5-12-24(25)36/h5-21,36H,1-4H3. The van der Waals surface area contributed by atoms with Gasteiger partial charge in [0.15, 0.2) is 11.5 Å². The van der Waals surface area contributed by atoms with Crippen LogP contribution in [0.25, 0.3) is 5.69 Å². The molecule has 0 spiro atoms. The molecule has 0 aliphatic carbocycles. The summed E-state index contributed by atoms with van der Waals surface area (Å²) in [6.45, 7) is 8.72. The third-order valence-electron chi connectivity index (χ3n) is 6.07. The Kier molecular flexibility index (Phi) is 7.45. The summed E-state index contributed by atoms with van der Waals surface area (Å²) in [5.41, 5.74) is 3.50. The van der Waals surface area contributed by atoms with Crippen molar-refractivity contribution in [3.8, 4) is 46.7 Å². The van der Waals surface area contributed by atoms with Crippen LogP contribution in [-0.2, 0) is 0 Å². The van der Waals surface area contributed by atoms with Gasteiger partial charge in [0.05, 0.1) is 5.69 Å². The molecule has 2 aromatic carbocycles. The SMILES string of the molecule is CC(C)c1cccc(C(C)C)c1-n1ccnc1Oc1cccc(Oc2cccc(Oc3ccccc3O)n2)n1. The molecule has 0 saturated heterocycles. The minimum Gasteiger partial charge on any atom is -0.504 e. The molecule has 0 aliphatic rings. The summed E-state index contributed by atoms with van der Waals surface area (Å²) in [7, 11) is 0. The van der Waals surface area contributed by atoms with Crippen LogP contribution in [0.2, 0.25) is 0 Å². The molecule has 5 aromatic rings. The average molecular weight is 523 g/mol. The lowest BCUT2D eigenvalue weighted by molar-refractivity contribution is 0.382. The quantitative estimate of drug-likeness (QED) is 0.210. The molecule has 0 fully saturated rings. The molecular weight excluding hydrogens is 492 g/mol. The number of ether oxygens (including phenoxy) is 3. The molecule has 8 nitrogen and oxygen atoms in total. The molecule has 1 N–H and O–H groups in total. The molecule has 0 radical (unpaired) electrons. The van der Waals surface area contributed by atoms with Crippen LogP contribution >= 0.6 is 0 Å². The van der Waals surface area contributed by atoms with Crippen molar-refractivity contribution in [2.24, 2.45) is 0 Å². The molecule has 0 amide bonds. The number of para-hydroxylation sites is 3. The molecule has 0 aliphatic heterocycles. The van der Waals surface area contributed by atoms with Crippen LogP contribution in [0, 0.1) is 0 Å². The lowest BCUT2D eigenvalue weighted by atomic mass is 9.92. The van der Waals surface area contributed by atoms with E-state index in [9.17, 15) is 5.11 Å². The van der Waals surface area contributed by atoms with E-state index in [4.69, 9.17) is 14.2 Å². The van der Waals surface area contributed by atoms with Crippen LogP contribution in [-0.4, -0.2) is 24.6 Å². The predicted octanol–water partition coefficient (Wildman–Crippen LogP) is 7.99. The van der Waals surface area contributed by atoms with Crippen molar-refractivity contribution >= 4 is 0 Å². The number of phenols is 1. The van der Waals surface area contributed by atoms with Crippen LogP contribution in [0.1, 0.15) is 50.7 Å². The van der Waals surface area contributed by atoms with Gasteiger partial charge in [0.2, 0.25) is 23.5 Å². The second kappa shape index (κ2) is 11.3. The van der Waals surface area contributed by atoms with Gasteiger partial charge in [-0.15, -0.1) is 0 Å². The summed E-state index contributed by atoms with van der Waals surface area (Å²) in [5.74, 6) is 2.13. The van der Waals surface area contributed by atoms with Crippen molar-refractivity contribution < 1.29 is 19.3 Å². The van der Waals surface area contributed by atoms with E-state index in [2.05, 4.69) is 60.8 Å². The van der Waals surface area contributed by atoms with E-state index < -0.39 is 0 Å². The van der Waals surface area contributed by atoms with Gasteiger partial charge >= 0.3 is 6.01 Å². The van der Waals surface area contributed by atoms with Crippen molar-refractivity contribution in [2.45, 2.75) is 39.5 Å². The first kappa shape index (κ1) is 25.8. The highest BCUT2D eigenvalue weighted by Gasteiger charge is 2.19. The van der Waals surface area contributed by atoms with Crippen LogP contribution in [0.4, 0.5) is 0 Å². The number of aromatic hydroxyl groups is 1. The molecule has 39 heavy (non-hydrogen) atoms. The smallest absolute Gasteiger partial charge is 0.307 e. The Bertz CT molecular complexity index is 1550. The number of hydrogen-bond acceptors (Lipinski definition) is 7. The van der Waals surface area contributed by atoms with Gasteiger partial charge in [-0.2, -0.15) is 9.97 Å². The zero-order valence-electron chi connectivity index (χ0n) is 22.3. The molecule has 3 aromatic heterocycles. The van der Waals surface area contributed by atoms with E-state index in [1.54, 1.807) is 66.9 Å². The lowest BCUT2D eigenvalue weighted by Crippen LogP contribution is -2.08. The number of benzene rings is 2. The number of rotatable bonds is 9. The second-order valence-electron chi connectivity index (χ2n) is 9.58. The molecule has 8 heteroatoms. The fraction of sp³-hybridized carbons (Fsp3) is 0.194. The number of imidazole rings is 1. The van der Waals surface area contributed by atoms with E-state index in [0.29, 0.717) is 35.4 Å². The Labute approximate surface area is 227 Å². The first-order valence-corrected chi connectivity index (χ1v) is 12.8. The molecule has 0 bridgehead atoms. The first-order chi connectivity index (χ1) is 18.9. The minimum absolute atomic E-state index is 0.0204. The summed E-state index contributed by atoms with van der Waals surface area (Å²) < 4.78 is 19.7. The van der Waals surface area contributed by atoms with E-state index >= 15 is 0 Å². The lowest BCUT2D eigenvalue weighted by Gasteiger charge is -2.21. The first-order valence-electron chi connectivity index (χ1n) is 12.8. The van der Waals surface area contributed by atoms with Gasteiger partial charge in [-0.3, -0.25) is 4.57 Å². The third kappa shape index (κ3) is 5.85. The summed E-state index contributed by atoms with van der Waals surface area (Å²) in [5, 5.41) is 9.97. The predicted molar refractivity (Wildman–Crippen MR) is 149 cm³/mol. The summed E-state index contributed by atoms with van der Waals surface area (Å²) in [6.07, 6.45) is 3.62. The molecule has 0 saturated carbocycles. The van der Waals surface area contributed by atoms with E-state index in [-0.39, 0.29) is 17.5 Å². The fourth-order valence-electron chi connectivity index (χ4n) is 4.20. The van der Waals surface area contributed by atoms with E-state index in [1.807, 2.05) is 10.8 Å². The van der Waals surface area contributed by atoms with Crippen molar-refractivity contribution in [3.63, 3.8) is 0 Å².